The number of ether oxygens (including phenoxy) is 3. The van der Waals surface area contributed by atoms with Crippen LogP contribution in [0.5, 0.6) is 17.2 Å². The zero-order chi connectivity index (χ0) is 19.5. The second-order valence-electron chi connectivity index (χ2n) is 6.19. The normalized spacial score (nSPS) is 12.7. The van der Waals surface area contributed by atoms with Gasteiger partial charge in [0.2, 0.25) is 0 Å². The minimum absolute atomic E-state index is 0.134. The summed E-state index contributed by atoms with van der Waals surface area (Å²) in [4.78, 5) is 8.68. The molecule has 0 spiro atoms. The van der Waals surface area contributed by atoms with Gasteiger partial charge in [0.25, 0.3) is 0 Å². The number of hydrogen-bond acceptors (Lipinski definition) is 7. The highest BCUT2D eigenvalue weighted by atomic mass is 16.5. The standard InChI is InChI=1S/C21H18N4O3/c1-26-18-11-20-19(27-7-4-8-28-20)10-14(18)13-9-17(16-5-2-3-6-24-16)25-21(23)15(13)12-22/h2-3,5-6,9-11H,4,7-8H2,1H3,(H2,23,25). The van der Waals surface area contributed by atoms with Gasteiger partial charge < -0.3 is 19.9 Å². The Bertz CT molecular complexity index is 1060. The minimum atomic E-state index is 0.134. The Labute approximate surface area is 162 Å². The van der Waals surface area contributed by atoms with Crippen molar-refractivity contribution in [2.45, 2.75) is 6.42 Å². The summed E-state index contributed by atoms with van der Waals surface area (Å²) in [5, 5.41) is 9.69. The Balaban J connectivity index is 1.94. The number of benzene rings is 1. The van der Waals surface area contributed by atoms with Gasteiger partial charge >= 0.3 is 0 Å². The predicted octanol–water partition coefficient (Wildman–Crippen LogP) is 3.43. The Kier molecular flexibility index (Phi) is 4.68. The topological polar surface area (TPSA) is 103 Å². The molecule has 1 aliphatic heterocycles. The average Bonchev–Trinajstić information content (AvgIpc) is 2.97. The first-order chi connectivity index (χ1) is 13.7. The zero-order valence-corrected chi connectivity index (χ0v) is 15.3. The molecule has 0 saturated carbocycles. The molecule has 140 valence electrons. The fourth-order valence-corrected chi connectivity index (χ4v) is 3.11. The fraction of sp³-hybridized carbons (Fsp3) is 0.190. The van der Waals surface area contributed by atoms with Crippen LogP contribution >= 0.6 is 0 Å². The van der Waals surface area contributed by atoms with Crippen LogP contribution in [0, 0.1) is 11.3 Å². The number of nitrogen functional groups attached to an aromatic ring is 1. The van der Waals surface area contributed by atoms with Crippen LogP contribution in [0.3, 0.4) is 0 Å². The van der Waals surface area contributed by atoms with Crippen molar-refractivity contribution in [1.82, 2.24) is 9.97 Å². The first-order valence-corrected chi connectivity index (χ1v) is 8.81. The Morgan fingerprint density at radius 2 is 1.86 bits per heavy atom. The molecule has 1 aromatic carbocycles. The molecule has 0 saturated heterocycles. The fourth-order valence-electron chi connectivity index (χ4n) is 3.11. The van der Waals surface area contributed by atoms with E-state index < -0.39 is 0 Å². The molecule has 0 amide bonds. The third-order valence-electron chi connectivity index (χ3n) is 4.45. The van der Waals surface area contributed by atoms with Crippen LogP contribution in [0.4, 0.5) is 5.82 Å². The molecule has 0 bridgehead atoms. The van der Waals surface area contributed by atoms with Gasteiger partial charge in [0.1, 0.15) is 23.2 Å². The van der Waals surface area contributed by atoms with Crippen molar-refractivity contribution >= 4 is 5.82 Å². The van der Waals surface area contributed by atoms with Gasteiger partial charge in [-0.15, -0.1) is 0 Å². The van der Waals surface area contributed by atoms with Crippen LogP contribution in [-0.4, -0.2) is 30.3 Å². The van der Waals surface area contributed by atoms with Gasteiger partial charge in [0, 0.05) is 29.8 Å². The maximum atomic E-state index is 9.69. The molecule has 0 atom stereocenters. The molecule has 3 heterocycles. The maximum Gasteiger partial charge on any atom is 0.164 e. The Hall–Kier alpha value is -3.79. The maximum absolute atomic E-state index is 9.69. The number of pyridine rings is 2. The molecule has 0 radical (unpaired) electrons. The van der Waals surface area contributed by atoms with E-state index in [1.807, 2.05) is 24.3 Å². The summed E-state index contributed by atoms with van der Waals surface area (Å²) >= 11 is 0. The van der Waals surface area contributed by atoms with Crippen LogP contribution in [0.15, 0.2) is 42.6 Å². The van der Waals surface area contributed by atoms with Crippen LogP contribution in [-0.2, 0) is 0 Å². The van der Waals surface area contributed by atoms with Crippen molar-refractivity contribution in [1.29, 1.82) is 5.26 Å². The number of fused-ring (bicyclic) bond motifs is 1. The van der Waals surface area contributed by atoms with Gasteiger partial charge in [0.15, 0.2) is 11.5 Å². The van der Waals surface area contributed by atoms with E-state index in [0.717, 1.165) is 6.42 Å². The summed E-state index contributed by atoms with van der Waals surface area (Å²) in [6.45, 7) is 1.13. The molecular weight excluding hydrogens is 356 g/mol. The molecule has 4 rings (SSSR count). The molecule has 7 heteroatoms. The van der Waals surface area contributed by atoms with Crippen molar-refractivity contribution in [3.05, 3.63) is 48.2 Å². The van der Waals surface area contributed by atoms with Gasteiger partial charge in [-0.05, 0) is 24.3 Å². The molecule has 0 aliphatic carbocycles. The summed E-state index contributed by atoms with van der Waals surface area (Å²) in [5.41, 5.74) is 8.88. The zero-order valence-electron chi connectivity index (χ0n) is 15.3. The number of methoxy groups -OCH3 is 1. The number of nitrogens with zero attached hydrogens (tertiary/aromatic N) is 3. The highest BCUT2D eigenvalue weighted by Gasteiger charge is 2.21. The molecule has 2 aromatic heterocycles. The monoisotopic (exact) mass is 374 g/mol. The van der Waals surface area contributed by atoms with E-state index in [-0.39, 0.29) is 11.4 Å². The molecule has 0 fully saturated rings. The summed E-state index contributed by atoms with van der Waals surface area (Å²) in [6.07, 6.45) is 2.47. The van der Waals surface area contributed by atoms with E-state index in [2.05, 4.69) is 16.0 Å². The van der Waals surface area contributed by atoms with E-state index in [1.165, 1.54) is 0 Å². The number of nitriles is 1. The molecular formula is C21H18N4O3. The van der Waals surface area contributed by atoms with Crippen molar-refractivity contribution in [2.75, 3.05) is 26.1 Å². The van der Waals surface area contributed by atoms with Crippen molar-refractivity contribution in [2.24, 2.45) is 0 Å². The predicted molar refractivity (Wildman–Crippen MR) is 104 cm³/mol. The van der Waals surface area contributed by atoms with Gasteiger partial charge in [0.05, 0.1) is 31.7 Å². The van der Waals surface area contributed by atoms with E-state index in [9.17, 15) is 5.26 Å². The SMILES string of the molecule is COc1cc2c(cc1-c1cc(-c3ccccn3)nc(N)c1C#N)OCCCO2. The van der Waals surface area contributed by atoms with Crippen molar-refractivity contribution < 1.29 is 14.2 Å². The molecule has 28 heavy (non-hydrogen) atoms. The second-order valence-corrected chi connectivity index (χ2v) is 6.19. The smallest absolute Gasteiger partial charge is 0.164 e. The van der Waals surface area contributed by atoms with E-state index in [1.54, 1.807) is 25.4 Å². The summed E-state index contributed by atoms with van der Waals surface area (Å²) < 4.78 is 17.1. The average molecular weight is 374 g/mol. The third kappa shape index (κ3) is 3.16. The third-order valence-corrected chi connectivity index (χ3v) is 4.45. The summed E-state index contributed by atoms with van der Waals surface area (Å²) in [5.74, 6) is 1.91. The lowest BCUT2D eigenvalue weighted by molar-refractivity contribution is 0.296. The minimum Gasteiger partial charge on any atom is -0.496 e. The Morgan fingerprint density at radius 1 is 1.07 bits per heavy atom. The van der Waals surface area contributed by atoms with Crippen LogP contribution in [0.25, 0.3) is 22.5 Å². The molecule has 1 aliphatic rings. The van der Waals surface area contributed by atoms with Gasteiger partial charge in [-0.2, -0.15) is 5.26 Å². The molecule has 7 nitrogen and oxygen atoms in total. The summed E-state index contributed by atoms with van der Waals surface area (Å²) in [7, 11) is 1.57. The number of hydrogen-bond donors (Lipinski definition) is 1. The van der Waals surface area contributed by atoms with Gasteiger partial charge in [-0.1, -0.05) is 6.07 Å². The number of anilines is 1. The van der Waals surface area contributed by atoms with Crippen molar-refractivity contribution in [3.63, 3.8) is 0 Å². The number of rotatable bonds is 3. The molecule has 3 aromatic rings. The Morgan fingerprint density at radius 3 is 2.54 bits per heavy atom. The van der Waals surface area contributed by atoms with Crippen LogP contribution < -0.4 is 19.9 Å². The van der Waals surface area contributed by atoms with Gasteiger partial charge in [-0.25, -0.2) is 4.98 Å². The van der Waals surface area contributed by atoms with Gasteiger partial charge in [-0.3, -0.25) is 4.98 Å². The van der Waals surface area contributed by atoms with E-state index in [0.29, 0.717) is 53.0 Å². The van der Waals surface area contributed by atoms with Crippen molar-refractivity contribution in [3.8, 4) is 45.8 Å². The van der Waals surface area contributed by atoms with E-state index in [4.69, 9.17) is 19.9 Å². The second kappa shape index (κ2) is 7.45. The number of aromatic nitrogens is 2. The highest BCUT2D eigenvalue weighted by molar-refractivity contribution is 5.84. The summed E-state index contributed by atoms with van der Waals surface area (Å²) in [6, 6.07) is 13.1. The molecule has 2 N–H and O–H groups in total. The molecule has 0 unspecified atom stereocenters. The first-order valence-electron chi connectivity index (χ1n) is 8.81. The number of nitrogens with two attached hydrogens (primary N) is 1. The lowest BCUT2D eigenvalue weighted by Crippen LogP contribution is -2.02. The largest absolute Gasteiger partial charge is 0.496 e. The lowest BCUT2D eigenvalue weighted by Gasteiger charge is -2.16. The van der Waals surface area contributed by atoms with E-state index >= 15 is 0 Å². The quantitative estimate of drug-likeness (QED) is 0.749. The lowest BCUT2D eigenvalue weighted by atomic mass is 9.98. The highest BCUT2D eigenvalue weighted by Crippen LogP contribution is 2.43. The van der Waals surface area contributed by atoms with Crippen LogP contribution in [0.2, 0.25) is 0 Å². The van der Waals surface area contributed by atoms with Crippen LogP contribution in [0.1, 0.15) is 12.0 Å². The first kappa shape index (κ1) is 17.6.